The third-order valence-corrected chi connectivity index (χ3v) is 3.71. The van der Waals surface area contributed by atoms with Gasteiger partial charge in [-0.2, -0.15) is 13.2 Å². The van der Waals surface area contributed by atoms with Crippen LogP contribution in [0.5, 0.6) is 0 Å². The maximum atomic E-state index is 12.1. The van der Waals surface area contributed by atoms with E-state index in [0.717, 1.165) is 24.2 Å². The first-order valence-electron chi connectivity index (χ1n) is 7.79. The molecule has 2 rings (SSSR count). The minimum Gasteiger partial charge on any atom is -0.356 e. The summed E-state index contributed by atoms with van der Waals surface area (Å²) in [5, 5.41) is 5.58. The molecule has 1 aliphatic rings. The second-order valence-corrected chi connectivity index (χ2v) is 5.53. The molecule has 0 bridgehead atoms. The smallest absolute Gasteiger partial charge is 0.356 e. The highest BCUT2D eigenvalue weighted by Gasteiger charge is 2.26. The molecule has 24 heavy (non-hydrogen) atoms. The summed E-state index contributed by atoms with van der Waals surface area (Å²) in [6.07, 6.45) is -3.63. The van der Waals surface area contributed by atoms with Crippen molar-refractivity contribution in [2.75, 3.05) is 25.0 Å². The molecule has 1 aromatic carbocycles. The number of nitrogens with zero attached hydrogens (tertiary/aromatic N) is 2. The molecule has 0 aromatic heterocycles. The zero-order chi connectivity index (χ0) is 17.6. The van der Waals surface area contributed by atoms with E-state index >= 15 is 0 Å². The summed E-state index contributed by atoms with van der Waals surface area (Å²) < 4.78 is 36.4. The second kappa shape index (κ2) is 8.03. The van der Waals surface area contributed by atoms with Crippen molar-refractivity contribution in [2.24, 2.45) is 4.99 Å². The van der Waals surface area contributed by atoms with Crippen molar-refractivity contribution in [3.8, 4) is 0 Å². The van der Waals surface area contributed by atoms with E-state index in [1.807, 2.05) is 24.3 Å². The summed E-state index contributed by atoms with van der Waals surface area (Å²) in [6, 6.07) is 7.52. The molecule has 0 radical (unpaired) electrons. The zero-order valence-electron chi connectivity index (χ0n) is 13.5. The number of halogens is 3. The van der Waals surface area contributed by atoms with Gasteiger partial charge in [0, 0.05) is 38.8 Å². The van der Waals surface area contributed by atoms with Crippen LogP contribution >= 0.6 is 0 Å². The lowest BCUT2D eigenvalue weighted by Gasteiger charge is -2.16. The molecule has 0 atom stereocenters. The Morgan fingerprint density at radius 1 is 1.25 bits per heavy atom. The maximum Gasteiger partial charge on any atom is 0.390 e. The molecule has 0 saturated carbocycles. The van der Waals surface area contributed by atoms with Crippen molar-refractivity contribution in [1.82, 2.24) is 10.6 Å². The molecule has 132 valence electrons. The van der Waals surface area contributed by atoms with Gasteiger partial charge < -0.3 is 15.5 Å². The Bertz CT molecular complexity index is 584. The number of carbonyl (C=O) groups is 1. The van der Waals surface area contributed by atoms with Crippen molar-refractivity contribution in [3.63, 3.8) is 0 Å². The summed E-state index contributed by atoms with van der Waals surface area (Å²) in [6.45, 7) is 0.950. The van der Waals surface area contributed by atoms with Crippen LogP contribution in [0.1, 0.15) is 24.8 Å². The van der Waals surface area contributed by atoms with Crippen LogP contribution < -0.4 is 15.5 Å². The number of anilines is 1. The number of benzene rings is 1. The average molecular weight is 342 g/mol. The molecule has 5 nitrogen and oxygen atoms in total. The SMILES string of the molecule is CN=C(NCCC(F)(F)F)NCc1ccc(N2CCCC2=O)cc1. The minimum absolute atomic E-state index is 0.134. The lowest BCUT2D eigenvalue weighted by molar-refractivity contribution is -0.132. The van der Waals surface area contributed by atoms with Gasteiger partial charge in [-0.25, -0.2) is 0 Å². The van der Waals surface area contributed by atoms with Crippen LogP contribution in [-0.2, 0) is 11.3 Å². The Labute approximate surface area is 138 Å². The van der Waals surface area contributed by atoms with Crippen molar-refractivity contribution in [2.45, 2.75) is 32.0 Å². The highest BCUT2D eigenvalue weighted by Crippen LogP contribution is 2.21. The van der Waals surface area contributed by atoms with Gasteiger partial charge in [0.25, 0.3) is 0 Å². The highest BCUT2D eigenvalue weighted by atomic mass is 19.4. The molecule has 2 N–H and O–H groups in total. The molecule has 1 aromatic rings. The monoisotopic (exact) mass is 342 g/mol. The van der Waals surface area contributed by atoms with Gasteiger partial charge in [0.1, 0.15) is 0 Å². The van der Waals surface area contributed by atoms with E-state index < -0.39 is 12.6 Å². The Kier molecular flexibility index (Phi) is 6.05. The van der Waals surface area contributed by atoms with Gasteiger partial charge in [0.2, 0.25) is 5.91 Å². The van der Waals surface area contributed by atoms with Crippen LogP contribution in [0.2, 0.25) is 0 Å². The molecular weight excluding hydrogens is 321 g/mol. The fraction of sp³-hybridized carbons (Fsp3) is 0.500. The lowest BCUT2D eigenvalue weighted by atomic mass is 10.2. The number of hydrogen-bond acceptors (Lipinski definition) is 2. The van der Waals surface area contributed by atoms with Gasteiger partial charge in [-0.15, -0.1) is 0 Å². The first-order valence-corrected chi connectivity index (χ1v) is 7.79. The third-order valence-electron chi connectivity index (χ3n) is 3.71. The summed E-state index contributed by atoms with van der Waals surface area (Å²) >= 11 is 0. The number of aliphatic imine (C=N–C) groups is 1. The summed E-state index contributed by atoms with van der Waals surface area (Å²) in [7, 11) is 1.50. The highest BCUT2D eigenvalue weighted by molar-refractivity contribution is 5.95. The van der Waals surface area contributed by atoms with Crippen LogP contribution in [0.25, 0.3) is 0 Å². The number of nitrogens with one attached hydrogen (secondary N) is 2. The van der Waals surface area contributed by atoms with E-state index in [1.165, 1.54) is 7.05 Å². The van der Waals surface area contributed by atoms with Gasteiger partial charge in [-0.3, -0.25) is 9.79 Å². The summed E-state index contributed by atoms with van der Waals surface area (Å²) in [5.74, 6) is 0.452. The van der Waals surface area contributed by atoms with Crippen molar-refractivity contribution in [1.29, 1.82) is 0 Å². The number of guanidine groups is 1. The average Bonchev–Trinajstić information content (AvgIpc) is 2.96. The predicted octanol–water partition coefficient (Wildman–Crippen LogP) is 2.43. The van der Waals surface area contributed by atoms with Gasteiger partial charge in [-0.05, 0) is 24.1 Å². The zero-order valence-corrected chi connectivity index (χ0v) is 13.5. The topological polar surface area (TPSA) is 56.7 Å². The number of amides is 1. The first kappa shape index (κ1) is 18.1. The van der Waals surface area contributed by atoms with Crippen molar-refractivity contribution < 1.29 is 18.0 Å². The van der Waals surface area contributed by atoms with Gasteiger partial charge >= 0.3 is 6.18 Å². The van der Waals surface area contributed by atoms with Crippen molar-refractivity contribution >= 4 is 17.6 Å². The molecule has 1 amide bonds. The molecule has 1 saturated heterocycles. The van der Waals surface area contributed by atoms with E-state index in [-0.39, 0.29) is 12.5 Å². The molecule has 0 aliphatic carbocycles. The summed E-state index contributed by atoms with van der Waals surface area (Å²) in [5.41, 5.74) is 1.82. The second-order valence-electron chi connectivity index (χ2n) is 5.53. The predicted molar refractivity (Wildman–Crippen MR) is 86.9 cm³/mol. The number of carbonyl (C=O) groups excluding carboxylic acids is 1. The van der Waals surface area contributed by atoms with Crippen LogP contribution in [-0.4, -0.2) is 38.2 Å². The normalized spacial score (nSPS) is 15.8. The Morgan fingerprint density at radius 3 is 2.50 bits per heavy atom. The van der Waals surface area contributed by atoms with E-state index in [0.29, 0.717) is 18.9 Å². The summed E-state index contributed by atoms with van der Waals surface area (Å²) in [4.78, 5) is 17.3. The molecule has 1 fully saturated rings. The molecule has 8 heteroatoms. The van der Waals surface area contributed by atoms with E-state index in [9.17, 15) is 18.0 Å². The van der Waals surface area contributed by atoms with Crippen LogP contribution in [0.4, 0.5) is 18.9 Å². The Balaban J connectivity index is 1.81. The molecular formula is C16H21F3N4O. The third kappa shape index (κ3) is 5.43. The minimum atomic E-state index is -4.19. The van der Waals surface area contributed by atoms with Gasteiger partial charge in [-0.1, -0.05) is 12.1 Å². The maximum absolute atomic E-state index is 12.1. The van der Waals surface area contributed by atoms with E-state index in [2.05, 4.69) is 15.6 Å². The van der Waals surface area contributed by atoms with Gasteiger partial charge in [0.05, 0.1) is 6.42 Å². The fourth-order valence-corrected chi connectivity index (χ4v) is 2.44. The molecule has 1 heterocycles. The van der Waals surface area contributed by atoms with Crippen LogP contribution in [0.3, 0.4) is 0 Å². The van der Waals surface area contributed by atoms with E-state index in [4.69, 9.17) is 0 Å². The van der Waals surface area contributed by atoms with Gasteiger partial charge in [0.15, 0.2) is 5.96 Å². The quantitative estimate of drug-likeness (QED) is 0.638. The largest absolute Gasteiger partial charge is 0.390 e. The van der Waals surface area contributed by atoms with Crippen molar-refractivity contribution in [3.05, 3.63) is 29.8 Å². The fourth-order valence-electron chi connectivity index (χ4n) is 2.44. The number of alkyl halides is 3. The molecule has 0 unspecified atom stereocenters. The Morgan fingerprint density at radius 2 is 1.96 bits per heavy atom. The molecule has 0 spiro atoms. The molecule has 1 aliphatic heterocycles. The lowest BCUT2D eigenvalue weighted by Crippen LogP contribution is -2.38. The first-order chi connectivity index (χ1) is 11.4. The van der Waals surface area contributed by atoms with E-state index in [1.54, 1.807) is 4.90 Å². The van der Waals surface area contributed by atoms with Crippen LogP contribution in [0, 0.1) is 0 Å². The standard InChI is InChI=1S/C16H21F3N4O/c1-20-15(21-9-8-16(17,18)19)22-11-12-4-6-13(7-5-12)23-10-2-3-14(23)24/h4-7H,2-3,8-11H2,1H3,(H2,20,21,22). The number of rotatable bonds is 5. The van der Waals surface area contributed by atoms with Crippen LogP contribution in [0.15, 0.2) is 29.3 Å². The number of hydrogen-bond donors (Lipinski definition) is 2. The Hall–Kier alpha value is -2.25.